The number of fused-ring (bicyclic) bond motifs is 2. The maximum atomic E-state index is 13.3. The zero-order valence-corrected chi connectivity index (χ0v) is 22.9. The predicted molar refractivity (Wildman–Crippen MR) is 136 cm³/mol. The Balaban J connectivity index is 1.96. The minimum atomic E-state index is -2.22. The van der Waals surface area contributed by atoms with Crippen LogP contribution in [-0.4, -0.2) is 33.6 Å². The number of allylic oxidation sites excluding steroid dienone is 1. The first kappa shape index (κ1) is 26.2. The standard InChI is InChI=1S/C28H44O4Si/c1-19(2)33(20(3)4,21(5)6)32-28-15-14-24(22(7)16-28)25(26(28)27(29)30-8)18-31-17-23-12-10-9-11-13-23/h9-13,16,19-21,24-26H,14-15,17-18H2,1-8H3/t24-,25-,26-,28-/m0/s1. The van der Waals surface area contributed by atoms with E-state index in [4.69, 9.17) is 13.9 Å². The predicted octanol–water partition coefficient (Wildman–Crippen LogP) is 6.91. The van der Waals surface area contributed by atoms with E-state index in [1.165, 1.54) is 12.7 Å². The fourth-order valence-electron chi connectivity index (χ4n) is 6.99. The molecular weight excluding hydrogens is 428 g/mol. The Morgan fingerprint density at radius 2 is 1.67 bits per heavy atom. The van der Waals surface area contributed by atoms with Crippen LogP contribution in [0.2, 0.25) is 16.6 Å². The van der Waals surface area contributed by atoms with Gasteiger partial charge >= 0.3 is 5.97 Å². The Hall–Kier alpha value is -1.43. The van der Waals surface area contributed by atoms with E-state index in [0.717, 1.165) is 18.4 Å². The van der Waals surface area contributed by atoms with Crippen LogP contribution in [0.25, 0.3) is 0 Å². The van der Waals surface area contributed by atoms with Crippen molar-refractivity contribution < 1.29 is 18.7 Å². The average molecular weight is 473 g/mol. The summed E-state index contributed by atoms with van der Waals surface area (Å²) in [5.74, 6) is -0.0820. The molecule has 1 saturated carbocycles. The molecule has 3 aliphatic rings. The molecule has 0 saturated heterocycles. The summed E-state index contributed by atoms with van der Waals surface area (Å²) in [5, 5.41) is 0. The number of esters is 1. The minimum absolute atomic E-state index is 0.0677. The highest BCUT2D eigenvalue weighted by Gasteiger charge is 2.61. The van der Waals surface area contributed by atoms with Gasteiger partial charge in [0, 0.05) is 5.92 Å². The lowest BCUT2D eigenvalue weighted by molar-refractivity contribution is -0.166. The SMILES string of the molecule is COC(=O)[C@@H]1[C@@H](COCc2ccccc2)[C@H]2CC[C@]1(O[Si](C(C)C)(C(C)C)C(C)C)C=C2C. The van der Waals surface area contributed by atoms with E-state index >= 15 is 0 Å². The second-order valence-corrected chi connectivity index (χ2v) is 16.4. The third-order valence-electron chi connectivity index (χ3n) is 8.33. The molecule has 4 rings (SSSR count). The van der Waals surface area contributed by atoms with Gasteiger partial charge in [-0.2, -0.15) is 0 Å². The van der Waals surface area contributed by atoms with Crippen LogP contribution in [0.15, 0.2) is 42.0 Å². The molecule has 0 spiro atoms. The molecule has 0 unspecified atom stereocenters. The Morgan fingerprint density at radius 3 is 2.18 bits per heavy atom. The van der Waals surface area contributed by atoms with E-state index in [1.54, 1.807) is 0 Å². The number of methoxy groups -OCH3 is 1. The normalized spacial score (nSPS) is 27.4. The number of ether oxygens (including phenoxy) is 2. The van der Waals surface area contributed by atoms with E-state index < -0.39 is 13.9 Å². The van der Waals surface area contributed by atoms with Crippen LogP contribution in [0.4, 0.5) is 0 Å². The van der Waals surface area contributed by atoms with E-state index in [0.29, 0.717) is 35.8 Å². The summed E-state index contributed by atoms with van der Waals surface area (Å²) in [6.45, 7) is 17.1. The topological polar surface area (TPSA) is 44.8 Å². The third kappa shape index (κ3) is 4.87. The lowest BCUT2D eigenvalue weighted by atomic mass is 9.57. The zero-order chi connectivity index (χ0) is 24.4. The van der Waals surface area contributed by atoms with Crippen molar-refractivity contribution in [3.63, 3.8) is 0 Å². The summed E-state index contributed by atoms with van der Waals surface area (Å²) in [4.78, 5) is 13.3. The van der Waals surface area contributed by atoms with Crippen LogP contribution in [0.5, 0.6) is 0 Å². The van der Waals surface area contributed by atoms with Crippen LogP contribution >= 0.6 is 0 Å². The van der Waals surface area contributed by atoms with Gasteiger partial charge in [0.25, 0.3) is 0 Å². The first-order chi connectivity index (χ1) is 15.6. The molecule has 1 aromatic rings. The van der Waals surface area contributed by atoms with Gasteiger partial charge in [0.1, 0.15) is 0 Å². The van der Waals surface area contributed by atoms with Gasteiger partial charge in [-0.15, -0.1) is 0 Å². The van der Waals surface area contributed by atoms with Crippen molar-refractivity contribution in [1.82, 2.24) is 0 Å². The van der Waals surface area contributed by atoms with Gasteiger partial charge in [-0.3, -0.25) is 4.79 Å². The number of carbonyl (C=O) groups excluding carboxylic acids is 1. The summed E-state index contributed by atoms with van der Waals surface area (Å²) in [7, 11) is -0.712. The van der Waals surface area contributed by atoms with E-state index in [-0.39, 0.29) is 17.8 Å². The monoisotopic (exact) mass is 472 g/mol. The Bertz CT molecular complexity index is 810. The number of carbonyl (C=O) groups is 1. The maximum absolute atomic E-state index is 13.3. The summed E-state index contributed by atoms with van der Waals surface area (Å²) in [6, 6.07) is 10.2. The molecule has 0 heterocycles. The number of hydrogen-bond donors (Lipinski definition) is 0. The Kier molecular flexibility index (Phi) is 8.29. The van der Waals surface area contributed by atoms with Gasteiger partial charge in [0.15, 0.2) is 0 Å². The molecule has 0 amide bonds. The Morgan fingerprint density at radius 1 is 1.06 bits per heavy atom. The van der Waals surface area contributed by atoms with Gasteiger partial charge in [-0.25, -0.2) is 0 Å². The number of rotatable bonds is 10. The number of hydrogen-bond acceptors (Lipinski definition) is 4. The smallest absolute Gasteiger partial charge is 0.312 e. The summed E-state index contributed by atoms with van der Waals surface area (Å²) in [6.07, 6.45) is 4.21. The highest BCUT2D eigenvalue weighted by atomic mass is 28.4. The summed E-state index contributed by atoms with van der Waals surface area (Å²) >= 11 is 0. The Labute approximate surface area is 202 Å². The van der Waals surface area contributed by atoms with Crippen molar-refractivity contribution in [2.45, 2.75) is 90.1 Å². The highest BCUT2D eigenvalue weighted by Crippen LogP contribution is 2.56. The first-order valence-corrected chi connectivity index (χ1v) is 14.8. The van der Waals surface area contributed by atoms with Gasteiger partial charge in [0.2, 0.25) is 8.32 Å². The minimum Gasteiger partial charge on any atom is -0.469 e. The van der Waals surface area contributed by atoms with Gasteiger partial charge in [-0.05, 0) is 47.9 Å². The second-order valence-electron chi connectivity index (χ2n) is 11.1. The number of benzene rings is 1. The molecule has 33 heavy (non-hydrogen) atoms. The van der Waals surface area contributed by atoms with E-state index in [2.05, 4.69) is 66.7 Å². The van der Waals surface area contributed by atoms with Crippen LogP contribution in [-0.2, 0) is 25.3 Å². The van der Waals surface area contributed by atoms with Gasteiger partial charge in [0.05, 0.1) is 31.8 Å². The zero-order valence-electron chi connectivity index (χ0n) is 21.9. The van der Waals surface area contributed by atoms with Crippen LogP contribution in [0.3, 0.4) is 0 Å². The maximum Gasteiger partial charge on any atom is 0.312 e. The van der Waals surface area contributed by atoms with Crippen LogP contribution in [0.1, 0.15) is 66.9 Å². The summed E-state index contributed by atoms with van der Waals surface area (Å²) in [5.41, 5.74) is 3.24. The highest BCUT2D eigenvalue weighted by molar-refractivity contribution is 6.77. The second kappa shape index (κ2) is 10.5. The van der Waals surface area contributed by atoms with Crippen molar-refractivity contribution in [1.29, 1.82) is 0 Å². The largest absolute Gasteiger partial charge is 0.469 e. The molecular formula is C28H44O4Si. The van der Waals surface area contributed by atoms with Crippen molar-refractivity contribution in [3.05, 3.63) is 47.5 Å². The molecule has 4 nitrogen and oxygen atoms in total. The lowest BCUT2D eigenvalue weighted by Gasteiger charge is -2.58. The van der Waals surface area contributed by atoms with Crippen LogP contribution in [0, 0.1) is 17.8 Å². The molecule has 1 aromatic carbocycles. The summed E-state index contributed by atoms with van der Waals surface area (Å²) < 4.78 is 19.1. The molecule has 2 bridgehead atoms. The molecule has 1 fully saturated rings. The molecule has 0 aliphatic heterocycles. The van der Waals surface area contributed by atoms with Crippen LogP contribution < -0.4 is 0 Å². The fourth-order valence-corrected chi connectivity index (χ4v) is 12.6. The van der Waals surface area contributed by atoms with Gasteiger partial charge in [-0.1, -0.05) is 83.5 Å². The van der Waals surface area contributed by atoms with E-state index in [1.807, 2.05) is 18.2 Å². The molecule has 5 heteroatoms. The third-order valence-corrected chi connectivity index (χ3v) is 14.5. The first-order valence-electron chi connectivity index (χ1n) is 12.7. The molecule has 3 aliphatic carbocycles. The lowest BCUT2D eigenvalue weighted by Crippen LogP contribution is -2.63. The van der Waals surface area contributed by atoms with Crippen molar-refractivity contribution in [2.75, 3.05) is 13.7 Å². The molecule has 184 valence electrons. The van der Waals surface area contributed by atoms with Gasteiger partial charge < -0.3 is 13.9 Å². The fraction of sp³-hybridized carbons (Fsp3) is 0.679. The molecule has 0 aromatic heterocycles. The molecule has 0 N–H and O–H groups in total. The molecule has 0 radical (unpaired) electrons. The van der Waals surface area contributed by atoms with Crippen molar-refractivity contribution in [3.8, 4) is 0 Å². The molecule has 4 atom stereocenters. The van der Waals surface area contributed by atoms with E-state index in [9.17, 15) is 4.79 Å². The van der Waals surface area contributed by atoms with Crippen molar-refractivity contribution in [2.24, 2.45) is 17.8 Å². The average Bonchev–Trinajstić information content (AvgIpc) is 2.77. The quantitative estimate of drug-likeness (QED) is 0.211. The van der Waals surface area contributed by atoms with Crippen molar-refractivity contribution >= 4 is 14.3 Å².